The molecule has 0 aliphatic carbocycles. The molecule has 94 valence electrons. The summed E-state index contributed by atoms with van der Waals surface area (Å²) in [5.41, 5.74) is 0.440. The summed E-state index contributed by atoms with van der Waals surface area (Å²) >= 11 is 1.37. The summed E-state index contributed by atoms with van der Waals surface area (Å²) in [4.78, 5) is 11.5. The van der Waals surface area contributed by atoms with Crippen LogP contribution < -0.4 is 0 Å². The number of hydrogen-bond acceptors (Lipinski definition) is 4. The van der Waals surface area contributed by atoms with E-state index >= 15 is 0 Å². The standard InChI is InChI=1S/C12H10FNO3S/c1-7-4-8(14-17-7)6-18-9-2-3-11(13)10(5-9)12(15)16/h2-5H,6H2,1H3,(H,15,16). The number of aromatic carboxylic acids is 1. The third-order valence-electron chi connectivity index (χ3n) is 2.23. The second-order valence-electron chi connectivity index (χ2n) is 3.66. The monoisotopic (exact) mass is 267 g/mol. The smallest absolute Gasteiger partial charge is 0.338 e. The van der Waals surface area contributed by atoms with Gasteiger partial charge in [0.25, 0.3) is 0 Å². The summed E-state index contributed by atoms with van der Waals surface area (Å²) in [6.07, 6.45) is 0. The van der Waals surface area contributed by atoms with Gasteiger partial charge in [-0.05, 0) is 25.1 Å². The molecule has 2 aromatic rings. The molecule has 0 saturated heterocycles. The summed E-state index contributed by atoms with van der Waals surface area (Å²) in [7, 11) is 0. The number of nitrogens with zero attached hydrogens (tertiary/aromatic N) is 1. The molecule has 1 aromatic heterocycles. The molecule has 4 nitrogen and oxygen atoms in total. The van der Waals surface area contributed by atoms with Gasteiger partial charge in [-0.15, -0.1) is 11.8 Å². The Balaban J connectivity index is 2.10. The van der Waals surface area contributed by atoms with Crippen molar-refractivity contribution in [1.82, 2.24) is 5.16 Å². The van der Waals surface area contributed by atoms with Crippen LogP contribution in [0.25, 0.3) is 0 Å². The lowest BCUT2D eigenvalue weighted by Gasteiger charge is -2.02. The van der Waals surface area contributed by atoms with Gasteiger partial charge in [-0.25, -0.2) is 9.18 Å². The summed E-state index contributed by atoms with van der Waals surface area (Å²) in [5, 5.41) is 12.6. The number of rotatable bonds is 4. The zero-order valence-electron chi connectivity index (χ0n) is 9.51. The van der Waals surface area contributed by atoms with Crippen LogP contribution in [-0.4, -0.2) is 16.2 Å². The number of carboxylic acids is 1. The van der Waals surface area contributed by atoms with E-state index < -0.39 is 11.8 Å². The highest BCUT2D eigenvalue weighted by Crippen LogP contribution is 2.24. The first-order chi connectivity index (χ1) is 8.56. The molecule has 1 aromatic carbocycles. The third-order valence-corrected chi connectivity index (χ3v) is 3.26. The average molecular weight is 267 g/mol. The third kappa shape index (κ3) is 2.89. The van der Waals surface area contributed by atoms with Gasteiger partial charge >= 0.3 is 5.97 Å². The number of carbonyl (C=O) groups is 1. The van der Waals surface area contributed by atoms with Crippen LogP contribution in [0.2, 0.25) is 0 Å². The van der Waals surface area contributed by atoms with Crippen molar-refractivity contribution in [3.8, 4) is 0 Å². The number of aromatic nitrogens is 1. The zero-order valence-corrected chi connectivity index (χ0v) is 10.3. The SMILES string of the molecule is Cc1cc(CSc2ccc(F)c(C(=O)O)c2)no1. The molecule has 0 saturated carbocycles. The molecule has 0 amide bonds. The predicted octanol–water partition coefficient (Wildman–Crippen LogP) is 3.11. The lowest BCUT2D eigenvalue weighted by Crippen LogP contribution is -2.00. The minimum Gasteiger partial charge on any atom is -0.478 e. The van der Waals surface area contributed by atoms with Crippen LogP contribution in [0.1, 0.15) is 21.8 Å². The second-order valence-corrected chi connectivity index (χ2v) is 4.71. The van der Waals surface area contributed by atoms with Crippen LogP contribution >= 0.6 is 11.8 Å². The van der Waals surface area contributed by atoms with E-state index in [9.17, 15) is 9.18 Å². The molecule has 0 aliphatic rings. The number of thioether (sulfide) groups is 1. The lowest BCUT2D eigenvalue weighted by atomic mass is 10.2. The normalized spacial score (nSPS) is 10.6. The van der Waals surface area contributed by atoms with Gasteiger partial charge in [-0.1, -0.05) is 5.16 Å². The van der Waals surface area contributed by atoms with Crippen LogP contribution in [0.3, 0.4) is 0 Å². The molecule has 0 bridgehead atoms. The Hall–Kier alpha value is -1.82. The molecule has 0 fully saturated rings. The molecule has 1 N–H and O–H groups in total. The van der Waals surface area contributed by atoms with Crippen LogP contribution in [0.4, 0.5) is 4.39 Å². The minimum absolute atomic E-state index is 0.323. The predicted molar refractivity (Wildman–Crippen MR) is 64.2 cm³/mol. The van der Waals surface area contributed by atoms with E-state index in [0.29, 0.717) is 10.6 Å². The van der Waals surface area contributed by atoms with Gasteiger partial charge in [-0.2, -0.15) is 0 Å². The fraction of sp³-hybridized carbons (Fsp3) is 0.167. The molecule has 18 heavy (non-hydrogen) atoms. The van der Waals surface area contributed by atoms with Crippen molar-refractivity contribution in [2.45, 2.75) is 17.6 Å². The largest absolute Gasteiger partial charge is 0.478 e. The first-order valence-electron chi connectivity index (χ1n) is 5.14. The van der Waals surface area contributed by atoms with Gasteiger partial charge in [0.1, 0.15) is 11.6 Å². The Labute approximate surface area is 107 Å². The van der Waals surface area contributed by atoms with Crippen molar-refractivity contribution in [2.24, 2.45) is 0 Å². The Morgan fingerprint density at radius 2 is 2.28 bits per heavy atom. The lowest BCUT2D eigenvalue weighted by molar-refractivity contribution is 0.0691. The van der Waals surface area contributed by atoms with Crippen molar-refractivity contribution in [3.05, 3.63) is 47.1 Å². The molecule has 6 heteroatoms. The fourth-order valence-corrected chi connectivity index (χ4v) is 2.22. The number of aryl methyl sites for hydroxylation is 1. The van der Waals surface area contributed by atoms with E-state index in [1.54, 1.807) is 19.1 Å². The van der Waals surface area contributed by atoms with Crippen LogP contribution in [0, 0.1) is 12.7 Å². The molecular formula is C12H10FNO3S. The number of carboxylic acid groups (broad SMARTS) is 1. The number of halogens is 1. The molecule has 0 aliphatic heterocycles. The number of hydrogen-bond donors (Lipinski definition) is 1. The van der Waals surface area contributed by atoms with Gasteiger partial charge in [0.2, 0.25) is 0 Å². The Bertz CT molecular complexity index is 582. The minimum atomic E-state index is -1.27. The maximum atomic E-state index is 13.2. The first kappa shape index (κ1) is 12.6. The summed E-state index contributed by atoms with van der Waals surface area (Å²) < 4.78 is 18.1. The maximum Gasteiger partial charge on any atom is 0.338 e. The van der Waals surface area contributed by atoms with Crippen molar-refractivity contribution < 1.29 is 18.8 Å². The molecule has 0 radical (unpaired) electrons. The van der Waals surface area contributed by atoms with Crippen LogP contribution in [0.15, 0.2) is 33.7 Å². The summed E-state index contributed by atoms with van der Waals surface area (Å²) in [6, 6.07) is 5.81. The van der Waals surface area contributed by atoms with E-state index in [1.807, 2.05) is 0 Å². The van der Waals surface area contributed by atoms with E-state index in [-0.39, 0.29) is 5.56 Å². The van der Waals surface area contributed by atoms with Gasteiger partial charge in [0.05, 0.1) is 11.3 Å². The quantitative estimate of drug-likeness (QED) is 0.862. The molecule has 2 rings (SSSR count). The molecule has 0 unspecified atom stereocenters. The van der Waals surface area contributed by atoms with Crippen molar-refractivity contribution in [2.75, 3.05) is 0 Å². The highest BCUT2D eigenvalue weighted by molar-refractivity contribution is 7.98. The Morgan fingerprint density at radius 3 is 2.89 bits per heavy atom. The highest BCUT2D eigenvalue weighted by atomic mass is 32.2. The van der Waals surface area contributed by atoms with Gasteiger partial charge in [0.15, 0.2) is 0 Å². The number of benzene rings is 1. The fourth-order valence-electron chi connectivity index (χ4n) is 1.40. The van der Waals surface area contributed by atoms with Crippen molar-refractivity contribution in [3.63, 3.8) is 0 Å². The average Bonchev–Trinajstić information content (AvgIpc) is 2.74. The van der Waals surface area contributed by atoms with Gasteiger partial charge in [0, 0.05) is 16.7 Å². The molecule has 0 atom stereocenters. The van der Waals surface area contributed by atoms with E-state index in [2.05, 4.69) is 5.16 Å². The highest BCUT2D eigenvalue weighted by Gasteiger charge is 2.11. The molecular weight excluding hydrogens is 257 g/mol. The maximum absolute atomic E-state index is 13.2. The Morgan fingerprint density at radius 1 is 1.50 bits per heavy atom. The van der Waals surface area contributed by atoms with Crippen molar-refractivity contribution in [1.29, 1.82) is 0 Å². The van der Waals surface area contributed by atoms with Gasteiger partial charge < -0.3 is 9.63 Å². The van der Waals surface area contributed by atoms with Crippen molar-refractivity contribution >= 4 is 17.7 Å². The summed E-state index contributed by atoms with van der Waals surface area (Å²) in [5.74, 6) is -0.741. The summed E-state index contributed by atoms with van der Waals surface area (Å²) in [6.45, 7) is 1.79. The molecule has 1 heterocycles. The topological polar surface area (TPSA) is 63.3 Å². The van der Waals surface area contributed by atoms with E-state index in [0.717, 1.165) is 17.5 Å². The Kier molecular flexibility index (Phi) is 3.66. The second kappa shape index (κ2) is 5.22. The van der Waals surface area contributed by atoms with Crippen LogP contribution in [0.5, 0.6) is 0 Å². The van der Waals surface area contributed by atoms with E-state index in [4.69, 9.17) is 9.63 Å². The van der Waals surface area contributed by atoms with Crippen LogP contribution in [-0.2, 0) is 5.75 Å². The molecule has 0 spiro atoms. The van der Waals surface area contributed by atoms with Gasteiger partial charge in [-0.3, -0.25) is 0 Å². The van der Waals surface area contributed by atoms with E-state index in [1.165, 1.54) is 17.8 Å². The zero-order chi connectivity index (χ0) is 13.1. The first-order valence-corrected chi connectivity index (χ1v) is 6.12.